The molecule has 1 aromatic heterocycles. The van der Waals surface area contributed by atoms with Gasteiger partial charge in [0.2, 0.25) is 0 Å². The summed E-state index contributed by atoms with van der Waals surface area (Å²) in [5, 5.41) is 3.35. The topological polar surface area (TPSA) is 61.3 Å². The minimum atomic E-state index is -0.401. The third kappa shape index (κ3) is 1.82. The van der Waals surface area contributed by atoms with Crippen molar-refractivity contribution in [1.29, 1.82) is 0 Å². The van der Waals surface area contributed by atoms with Crippen molar-refractivity contribution in [2.45, 2.75) is 12.5 Å². The van der Waals surface area contributed by atoms with E-state index in [1.807, 2.05) is 18.2 Å². The van der Waals surface area contributed by atoms with E-state index >= 15 is 0 Å². The van der Waals surface area contributed by atoms with Crippen molar-refractivity contribution in [2.24, 2.45) is 0 Å². The fourth-order valence-electron chi connectivity index (χ4n) is 2.34. The highest BCUT2D eigenvalue weighted by atomic mass is 16.4. The number of oxazole rings is 1. The van der Waals surface area contributed by atoms with Crippen LogP contribution < -0.4 is 16.0 Å². The minimum absolute atomic E-state index is 0.401. The molecule has 2 aromatic rings. The van der Waals surface area contributed by atoms with Crippen LogP contribution in [-0.2, 0) is 0 Å². The zero-order chi connectivity index (χ0) is 11.8. The first kappa shape index (κ1) is 10.4. The second-order valence-corrected chi connectivity index (χ2v) is 4.45. The molecule has 0 amide bonds. The number of anilines is 1. The summed E-state index contributed by atoms with van der Waals surface area (Å²) in [5.74, 6) is -0.401. The SMILES string of the molecule is CN(c1ccc2oc(=O)[nH]c2c1)C1CCNC1. The maximum Gasteiger partial charge on any atom is 0.417 e. The molecule has 0 radical (unpaired) electrons. The van der Waals surface area contributed by atoms with Crippen molar-refractivity contribution >= 4 is 16.8 Å². The number of nitrogens with one attached hydrogen (secondary N) is 2. The number of benzene rings is 1. The number of fused-ring (bicyclic) bond motifs is 1. The number of aromatic nitrogens is 1. The minimum Gasteiger partial charge on any atom is -0.408 e. The van der Waals surface area contributed by atoms with Gasteiger partial charge < -0.3 is 14.6 Å². The number of nitrogens with zero attached hydrogens (tertiary/aromatic N) is 1. The van der Waals surface area contributed by atoms with Gasteiger partial charge in [0.15, 0.2) is 5.58 Å². The van der Waals surface area contributed by atoms with Crippen LogP contribution in [0.1, 0.15) is 6.42 Å². The van der Waals surface area contributed by atoms with Crippen molar-refractivity contribution in [3.8, 4) is 0 Å². The Morgan fingerprint density at radius 3 is 3.12 bits per heavy atom. The number of rotatable bonds is 2. The molecule has 1 aliphatic rings. The summed E-state index contributed by atoms with van der Waals surface area (Å²) in [4.78, 5) is 16.0. The summed E-state index contributed by atoms with van der Waals surface area (Å²) in [5.41, 5.74) is 2.46. The smallest absolute Gasteiger partial charge is 0.408 e. The van der Waals surface area contributed by atoms with Crippen LogP contribution in [0.5, 0.6) is 0 Å². The molecule has 0 saturated carbocycles. The molecule has 3 rings (SSSR count). The fraction of sp³-hybridized carbons (Fsp3) is 0.417. The van der Waals surface area contributed by atoms with Gasteiger partial charge in [-0.2, -0.15) is 0 Å². The molecule has 5 nitrogen and oxygen atoms in total. The standard InChI is InChI=1S/C12H15N3O2/c1-15(9-4-5-13-7-9)8-2-3-11-10(6-8)14-12(16)17-11/h2-3,6,9,13H,4-5,7H2,1H3,(H,14,16). The lowest BCUT2D eigenvalue weighted by Crippen LogP contribution is -2.33. The number of likely N-dealkylation sites (N-methyl/N-ethyl adjacent to an activating group) is 1. The first-order chi connectivity index (χ1) is 8.24. The average Bonchev–Trinajstić information content (AvgIpc) is 2.94. The van der Waals surface area contributed by atoms with E-state index < -0.39 is 5.76 Å². The first-order valence-electron chi connectivity index (χ1n) is 5.80. The quantitative estimate of drug-likeness (QED) is 0.809. The van der Waals surface area contributed by atoms with E-state index in [0.29, 0.717) is 11.6 Å². The van der Waals surface area contributed by atoms with Gasteiger partial charge in [0.1, 0.15) is 0 Å². The van der Waals surface area contributed by atoms with Gasteiger partial charge in [-0.15, -0.1) is 0 Å². The molecular weight excluding hydrogens is 218 g/mol. The Balaban J connectivity index is 1.96. The van der Waals surface area contributed by atoms with Crippen LogP contribution in [-0.4, -0.2) is 31.2 Å². The lowest BCUT2D eigenvalue weighted by atomic mass is 10.2. The van der Waals surface area contributed by atoms with E-state index in [9.17, 15) is 4.79 Å². The molecule has 5 heteroatoms. The van der Waals surface area contributed by atoms with Gasteiger partial charge >= 0.3 is 5.76 Å². The average molecular weight is 233 g/mol. The van der Waals surface area contributed by atoms with Gasteiger partial charge in [0.25, 0.3) is 0 Å². The summed E-state index contributed by atoms with van der Waals surface area (Å²) in [7, 11) is 2.08. The van der Waals surface area contributed by atoms with Gasteiger partial charge in [-0.3, -0.25) is 4.98 Å². The van der Waals surface area contributed by atoms with Crippen LogP contribution in [0.15, 0.2) is 27.4 Å². The highest BCUT2D eigenvalue weighted by Gasteiger charge is 2.19. The number of hydrogen-bond donors (Lipinski definition) is 2. The maximum atomic E-state index is 11.1. The Kier molecular flexibility index (Phi) is 2.40. The van der Waals surface area contributed by atoms with Crippen molar-refractivity contribution in [3.05, 3.63) is 28.7 Å². The highest BCUT2D eigenvalue weighted by molar-refractivity contribution is 5.77. The zero-order valence-electron chi connectivity index (χ0n) is 9.69. The van der Waals surface area contributed by atoms with Gasteiger partial charge in [-0.1, -0.05) is 0 Å². The first-order valence-corrected chi connectivity index (χ1v) is 5.80. The van der Waals surface area contributed by atoms with Crippen LogP contribution in [0.3, 0.4) is 0 Å². The Labute approximate surface area is 98.4 Å². The lowest BCUT2D eigenvalue weighted by Gasteiger charge is -2.25. The Hall–Kier alpha value is -1.75. The van der Waals surface area contributed by atoms with E-state index in [2.05, 4.69) is 22.2 Å². The molecule has 1 unspecified atom stereocenters. The molecule has 2 N–H and O–H groups in total. The maximum absolute atomic E-state index is 11.1. The van der Waals surface area contributed by atoms with Crippen molar-refractivity contribution in [1.82, 2.24) is 10.3 Å². The van der Waals surface area contributed by atoms with E-state index in [1.165, 1.54) is 0 Å². The monoisotopic (exact) mass is 233 g/mol. The predicted molar refractivity (Wildman–Crippen MR) is 66.5 cm³/mol. The molecular formula is C12H15N3O2. The van der Waals surface area contributed by atoms with Gasteiger partial charge in [0, 0.05) is 25.3 Å². The summed E-state index contributed by atoms with van der Waals surface area (Å²) in [6.45, 7) is 2.08. The van der Waals surface area contributed by atoms with Crippen LogP contribution >= 0.6 is 0 Å². The van der Waals surface area contributed by atoms with Crippen LogP contribution in [0, 0.1) is 0 Å². The van der Waals surface area contributed by atoms with E-state index in [1.54, 1.807) is 0 Å². The summed E-state index contributed by atoms with van der Waals surface area (Å²) < 4.78 is 4.99. The number of aromatic amines is 1. The van der Waals surface area contributed by atoms with Crippen molar-refractivity contribution in [3.63, 3.8) is 0 Å². The molecule has 1 aromatic carbocycles. The second kappa shape index (κ2) is 3.92. The number of hydrogen-bond acceptors (Lipinski definition) is 4. The molecule has 0 spiro atoms. The summed E-state index contributed by atoms with van der Waals surface area (Å²) in [6.07, 6.45) is 1.15. The highest BCUT2D eigenvalue weighted by Crippen LogP contribution is 2.22. The molecule has 1 fully saturated rings. The van der Waals surface area contributed by atoms with Crippen molar-refractivity contribution in [2.75, 3.05) is 25.0 Å². The van der Waals surface area contributed by atoms with Crippen LogP contribution in [0.2, 0.25) is 0 Å². The molecule has 1 aliphatic heterocycles. The molecule has 1 atom stereocenters. The second-order valence-electron chi connectivity index (χ2n) is 4.45. The fourth-order valence-corrected chi connectivity index (χ4v) is 2.34. The molecule has 2 heterocycles. The lowest BCUT2D eigenvalue weighted by molar-refractivity contribution is 0.555. The van der Waals surface area contributed by atoms with Crippen LogP contribution in [0.25, 0.3) is 11.1 Å². The molecule has 1 saturated heterocycles. The molecule has 17 heavy (non-hydrogen) atoms. The largest absolute Gasteiger partial charge is 0.417 e. The molecule has 0 bridgehead atoms. The van der Waals surface area contributed by atoms with Crippen molar-refractivity contribution < 1.29 is 4.42 Å². The van der Waals surface area contributed by atoms with Gasteiger partial charge in [-0.05, 0) is 31.2 Å². The normalized spacial score (nSPS) is 19.9. The molecule has 90 valence electrons. The van der Waals surface area contributed by atoms with Gasteiger partial charge in [-0.25, -0.2) is 4.79 Å². The van der Waals surface area contributed by atoms with E-state index in [-0.39, 0.29) is 0 Å². The molecule has 0 aliphatic carbocycles. The number of H-pyrrole nitrogens is 1. The van der Waals surface area contributed by atoms with Gasteiger partial charge in [0.05, 0.1) is 5.52 Å². The Morgan fingerprint density at radius 1 is 1.47 bits per heavy atom. The zero-order valence-corrected chi connectivity index (χ0v) is 9.69. The Bertz CT molecular complexity index is 581. The van der Waals surface area contributed by atoms with E-state index in [0.717, 1.165) is 30.7 Å². The summed E-state index contributed by atoms with van der Waals surface area (Å²) >= 11 is 0. The third-order valence-electron chi connectivity index (χ3n) is 3.39. The predicted octanol–water partition coefficient (Wildman–Crippen LogP) is 0.919. The van der Waals surface area contributed by atoms with E-state index in [4.69, 9.17) is 4.42 Å². The Morgan fingerprint density at radius 2 is 2.35 bits per heavy atom. The van der Waals surface area contributed by atoms with Crippen LogP contribution in [0.4, 0.5) is 5.69 Å². The summed E-state index contributed by atoms with van der Waals surface area (Å²) in [6, 6.07) is 6.29. The third-order valence-corrected chi connectivity index (χ3v) is 3.39.